The molecule has 1 unspecified atom stereocenters. The zero-order valence-electron chi connectivity index (χ0n) is 14.5. The quantitative estimate of drug-likeness (QED) is 0.804. The van der Waals surface area contributed by atoms with Crippen LogP contribution in [0.1, 0.15) is 33.9 Å². The van der Waals surface area contributed by atoms with Crippen LogP contribution in [-0.2, 0) is 6.42 Å². The van der Waals surface area contributed by atoms with Crippen molar-refractivity contribution in [2.75, 3.05) is 27.2 Å². The van der Waals surface area contributed by atoms with Crippen LogP contribution in [0.3, 0.4) is 0 Å². The van der Waals surface area contributed by atoms with Gasteiger partial charge in [0, 0.05) is 23.3 Å². The number of pyridine rings is 1. The van der Waals surface area contributed by atoms with E-state index in [-0.39, 0.29) is 11.9 Å². The van der Waals surface area contributed by atoms with Gasteiger partial charge in [0.25, 0.3) is 5.91 Å². The van der Waals surface area contributed by atoms with Gasteiger partial charge in [-0.1, -0.05) is 22.0 Å². The van der Waals surface area contributed by atoms with Crippen molar-refractivity contribution >= 4 is 21.8 Å². The number of carbonyl (C=O) groups is 1. The number of carbonyl (C=O) groups excluding carboxylic acids is 1. The van der Waals surface area contributed by atoms with Crippen molar-refractivity contribution in [3.05, 3.63) is 57.7 Å². The van der Waals surface area contributed by atoms with Crippen LogP contribution in [0.15, 0.2) is 41.0 Å². The number of hydrogen-bond acceptors (Lipinski definition) is 4. The minimum Gasteiger partial charge on any atom is -0.476 e. The molecule has 1 aromatic carbocycles. The number of hydrogen-bond donors (Lipinski definition) is 1. The Hall–Kier alpha value is -1.92. The maximum Gasteiger partial charge on any atom is 0.253 e. The first-order valence-electron chi connectivity index (χ1n) is 8.35. The van der Waals surface area contributed by atoms with E-state index in [0.717, 1.165) is 23.9 Å². The van der Waals surface area contributed by atoms with Gasteiger partial charge in [0.1, 0.15) is 6.61 Å². The molecule has 25 heavy (non-hydrogen) atoms. The first-order chi connectivity index (χ1) is 12.0. The van der Waals surface area contributed by atoms with Crippen molar-refractivity contribution in [2.24, 2.45) is 0 Å². The maximum absolute atomic E-state index is 12.5. The Labute approximate surface area is 156 Å². The highest BCUT2D eigenvalue weighted by Gasteiger charge is 2.24. The monoisotopic (exact) mass is 403 g/mol. The Kier molecular flexibility index (Phi) is 5.71. The van der Waals surface area contributed by atoms with Gasteiger partial charge in [-0.3, -0.25) is 4.79 Å². The van der Waals surface area contributed by atoms with Crippen LogP contribution >= 0.6 is 15.9 Å². The van der Waals surface area contributed by atoms with Crippen molar-refractivity contribution in [1.82, 2.24) is 15.2 Å². The third kappa shape index (κ3) is 4.58. The first-order valence-corrected chi connectivity index (χ1v) is 9.15. The number of ether oxygens (including phenoxy) is 1. The van der Waals surface area contributed by atoms with Crippen LogP contribution < -0.4 is 10.1 Å². The molecule has 1 heterocycles. The molecule has 0 saturated heterocycles. The summed E-state index contributed by atoms with van der Waals surface area (Å²) in [7, 11) is 3.98. The summed E-state index contributed by atoms with van der Waals surface area (Å²) in [6.45, 7) is 1.39. The summed E-state index contributed by atoms with van der Waals surface area (Å²) in [5, 5.41) is 3.11. The van der Waals surface area contributed by atoms with E-state index in [1.807, 2.05) is 25.1 Å². The van der Waals surface area contributed by atoms with Gasteiger partial charge in [-0.2, -0.15) is 0 Å². The lowest BCUT2D eigenvalue weighted by molar-refractivity contribution is 0.0936. The van der Waals surface area contributed by atoms with Crippen molar-refractivity contribution in [3.8, 4) is 5.88 Å². The fraction of sp³-hybridized carbons (Fsp3) is 0.368. The molecule has 6 heteroatoms. The fourth-order valence-electron chi connectivity index (χ4n) is 2.91. The molecule has 0 spiro atoms. The van der Waals surface area contributed by atoms with Gasteiger partial charge < -0.3 is 15.0 Å². The third-order valence-corrected chi connectivity index (χ3v) is 4.77. The Morgan fingerprint density at radius 1 is 1.36 bits per heavy atom. The molecular formula is C19H22BrN3O2. The highest BCUT2D eigenvalue weighted by atomic mass is 79.9. The van der Waals surface area contributed by atoms with Gasteiger partial charge in [-0.15, -0.1) is 0 Å². The number of nitrogens with zero attached hydrogens (tertiary/aromatic N) is 2. The van der Waals surface area contributed by atoms with Crippen LogP contribution in [0.2, 0.25) is 0 Å². The summed E-state index contributed by atoms with van der Waals surface area (Å²) in [6, 6.07) is 9.78. The van der Waals surface area contributed by atoms with Crippen molar-refractivity contribution in [1.29, 1.82) is 0 Å². The van der Waals surface area contributed by atoms with Gasteiger partial charge in [0.05, 0.1) is 11.6 Å². The SMILES string of the molecule is CN(C)CCOc1ccc(C(=O)NC2CCc3cc(Br)ccc32)cn1. The van der Waals surface area contributed by atoms with Crippen LogP contribution in [0.5, 0.6) is 5.88 Å². The number of amides is 1. The second kappa shape index (κ2) is 7.97. The molecular weight excluding hydrogens is 382 g/mol. The smallest absolute Gasteiger partial charge is 0.253 e. The van der Waals surface area contributed by atoms with E-state index < -0.39 is 0 Å². The van der Waals surface area contributed by atoms with E-state index in [0.29, 0.717) is 18.1 Å². The largest absolute Gasteiger partial charge is 0.476 e. The second-order valence-electron chi connectivity index (χ2n) is 6.44. The topological polar surface area (TPSA) is 54.5 Å². The number of nitrogens with one attached hydrogen (secondary N) is 1. The molecule has 0 aliphatic heterocycles. The average molecular weight is 404 g/mol. The standard InChI is InChI=1S/C19H22BrN3O2/c1-23(2)9-10-25-18-8-4-14(12-21-18)19(24)22-17-7-3-13-11-15(20)5-6-16(13)17/h4-6,8,11-12,17H,3,7,9-10H2,1-2H3,(H,22,24). The zero-order valence-corrected chi connectivity index (χ0v) is 16.0. The summed E-state index contributed by atoms with van der Waals surface area (Å²) in [4.78, 5) is 18.7. The molecule has 1 atom stereocenters. The Balaban J connectivity index is 1.59. The number of rotatable bonds is 6. The predicted molar refractivity (Wildman–Crippen MR) is 101 cm³/mol. The molecule has 2 aromatic rings. The van der Waals surface area contributed by atoms with Crippen LogP contribution in [0.4, 0.5) is 0 Å². The molecule has 0 radical (unpaired) electrons. The Bertz CT molecular complexity index is 747. The average Bonchev–Trinajstić information content (AvgIpc) is 2.97. The number of aryl methyl sites for hydroxylation is 1. The highest BCUT2D eigenvalue weighted by molar-refractivity contribution is 9.10. The molecule has 0 fully saturated rings. The normalized spacial score (nSPS) is 15.9. The van der Waals surface area contributed by atoms with Crippen LogP contribution in [-0.4, -0.2) is 43.0 Å². The molecule has 5 nitrogen and oxygen atoms in total. The highest BCUT2D eigenvalue weighted by Crippen LogP contribution is 2.33. The molecule has 0 bridgehead atoms. The first kappa shape index (κ1) is 17.9. The minimum absolute atomic E-state index is 0.0617. The number of fused-ring (bicyclic) bond motifs is 1. The number of halogens is 1. The van der Waals surface area contributed by atoms with E-state index in [2.05, 4.69) is 38.4 Å². The molecule has 1 aliphatic rings. The number of benzene rings is 1. The summed E-state index contributed by atoms with van der Waals surface area (Å²) in [5.41, 5.74) is 3.04. The maximum atomic E-state index is 12.5. The summed E-state index contributed by atoms with van der Waals surface area (Å²) in [6.07, 6.45) is 3.48. The second-order valence-corrected chi connectivity index (χ2v) is 7.36. The van der Waals surface area contributed by atoms with Crippen molar-refractivity contribution in [2.45, 2.75) is 18.9 Å². The Morgan fingerprint density at radius 2 is 2.20 bits per heavy atom. The molecule has 0 saturated carbocycles. The van der Waals surface area contributed by atoms with E-state index in [1.165, 1.54) is 11.1 Å². The molecule has 1 aromatic heterocycles. The van der Waals surface area contributed by atoms with Crippen LogP contribution in [0, 0.1) is 0 Å². The van der Waals surface area contributed by atoms with Crippen molar-refractivity contribution < 1.29 is 9.53 Å². The van der Waals surface area contributed by atoms with Gasteiger partial charge in [-0.05, 0) is 56.3 Å². The van der Waals surface area contributed by atoms with E-state index in [1.54, 1.807) is 18.3 Å². The summed E-state index contributed by atoms with van der Waals surface area (Å²) >= 11 is 3.49. The van der Waals surface area contributed by atoms with Crippen LogP contribution in [0.25, 0.3) is 0 Å². The predicted octanol–water partition coefficient (Wildman–Crippen LogP) is 3.20. The lowest BCUT2D eigenvalue weighted by atomic mass is 10.1. The molecule has 1 N–H and O–H groups in total. The molecule has 1 aliphatic carbocycles. The lowest BCUT2D eigenvalue weighted by Crippen LogP contribution is -2.27. The summed E-state index contributed by atoms with van der Waals surface area (Å²) in [5.74, 6) is 0.433. The molecule has 3 rings (SSSR count). The van der Waals surface area contributed by atoms with Gasteiger partial charge >= 0.3 is 0 Å². The Morgan fingerprint density at radius 3 is 2.92 bits per heavy atom. The van der Waals surface area contributed by atoms with E-state index in [9.17, 15) is 4.79 Å². The lowest BCUT2D eigenvalue weighted by Gasteiger charge is -2.14. The van der Waals surface area contributed by atoms with E-state index in [4.69, 9.17) is 4.74 Å². The molecule has 132 valence electrons. The third-order valence-electron chi connectivity index (χ3n) is 4.28. The zero-order chi connectivity index (χ0) is 17.8. The fourth-order valence-corrected chi connectivity index (χ4v) is 3.32. The number of aromatic nitrogens is 1. The van der Waals surface area contributed by atoms with Gasteiger partial charge in [0.2, 0.25) is 5.88 Å². The number of likely N-dealkylation sites (N-methyl/N-ethyl adjacent to an activating group) is 1. The van der Waals surface area contributed by atoms with Gasteiger partial charge in [0.15, 0.2) is 0 Å². The van der Waals surface area contributed by atoms with E-state index >= 15 is 0 Å². The minimum atomic E-state index is -0.104. The summed E-state index contributed by atoms with van der Waals surface area (Å²) < 4.78 is 6.63. The van der Waals surface area contributed by atoms with Crippen molar-refractivity contribution in [3.63, 3.8) is 0 Å². The molecule has 1 amide bonds. The van der Waals surface area contributed by atoms with Gasteiger partial charge in [-0.25, -0.2) is 4.98 Å².